The van der Waals surface area contributed by atoms with Gasteiger partial charge in [-0.15, -0.1) is 15.0 Å². The number of methoxy groups -OCH3 is 2. The van der Waals surface area contributed by atoms with Crippen molar-refractivity contribution < 1.29 is 14.2 Å². The predicted molar refractivity (Wildman–Crippen MR) is 73.2 cm³/mol. The quantitative estimate of drug-likeness (QED) is 0.832. The lowest BCUT2D eigenvalue weighted by molar-refractivity contribution is 0.320. The highest BCUT2D eigenvalue weighted by Crippen LogP contribution is 2.27. The number of anilines is 1. The first kappa shape index (κ1) is 13.9. The molecule has 0 amide bonds. The lowest BCUT2D eigenvalue weighted by Crippen LogP contribution is -2.02. The second-order valence-corrected chi connectivity index (χ2v) is 3.92. The SMILES string of the molecule is CCc1ccc(Oc2nc(OC)nc(OC)n2)c(N)c1. The molecule has 0 spiro atoms. The summed E-state index contributed by atoms with van der Waals surface area (Å²) in [7, 11) is 2.89. The Labute approximate surface area is 116 Å². The van der Waals surface area contributed by atoms with Crippen molar-refractivity contribution in [2.24, 2.45) is 0 Å². The van der Waals surface area contributed by atoms with Crippen LogP contribution in [0.25, 0.3) is 0 Å². The largest absolute Gasteiger partial charge is 0.467 e. The summed E-state index contributed by atoms with van der Waals surface area (Å²) < 4.78 is 15.4. The molecule has 0 atom stereocenters. The predicted octanol–water partition coefficient (Wildman–Crippen LogP) is 1.83. The molecular formula is C13H16N4O3. The summed E-state index contributed by atoms with van der Waals surface area (Å²) in [6.07, 6.45) is 0.901. The zero-order valence-electron chi connectivity index (χ0n) is 11.6. The van der Waals surface area contributed by atoms with Gasteiger partial charge in [0.15, 0.2) is 5.75 Å². The third kappa shape index (κ3) is 3.05. The molecule has 0 aliphatic carbocycles. The van der Waals surface area contributed by atoms with Gasteiger partial charge in [0.1, 0.15) is 0 Å². The minimum Gasteiger partial charge on any atom is -0.467 e. The molecule has 0 aliphatic rings. The van der Waals surface area contributed by atoms with Crippen LogP contribution in [0.15, 0.2) is 18.2 Å². The van der Waals surface area contributed by atoms with E-state index in [0.717, 1.165) is 12.0 Å². The number of nitrogens with two attached hydrogens (primary N) is 1. The standard InChI is InChI=1S/C13H16N4O3/c1-4-8-5-6-10(9(14)7-8)20-13-16-11(18-2)15-12(17-13)19-3/h5-7H,4,14H2,1-3H3. The zero-order valence-corrected chi connectivity index (χ0v) is 11.6. The number of rotatable bonds is 5. The van der Waals surface area contributed by atoms with Crippen molar-refractivity contribution in [3.8, 4) is 23.8 Å². The Morgan fingerprint density at radius 3 is 2.10 bits per heavy atom. The van der Waals surface area contributed by atoms with Gasteiger partial charge >= 0.3 is 18.0 Å². The van der Waals surface area contributed by atoms with Gasteiger partial charge in [0.25, 0.3) is 0 Å². The summed E-state index contributed by atoms with van der Waals surface area (Å²) in [6, 6.07) is 5.83. The highest BCUT2D eigenvalue weighted by molar-refractivity contribution is 5.55. The Morgan fingerprint density at radius 1 is 1.00 bits per heavy atom. The lowest BCUT2D eigenvalue weighted by Gasteiger charge is -2.09. The van der Waals surface area contributed by atoms with Crippen LogP contribution in [0, 0.1) is 0 Å². The molecule has 0 aliphatic heterocycles. The first-order valence-electron chi connectivity index (χ1n) is 6.06. The van der Waals surface area contributed by atoms with Gasteiger partial charge in [-0.1, -0.05) is 13.0 Å². The Hall–Kier alpha value is -2.57. The van der Waals surface area contributed by atoms with E-state index in [4.69, 9.17) is 19.9 Å². The van der Waals surface area contributed by atoms with Gasteiger partial charge in [0, 0.05) is 0 Å². The summed E-state index contributed by atoms with van der Waals surface area (Å²) in [4.78, 5) is 11.8. The number of hydrogen-bond donors (Lipinski definition) is 1. The van der Waals surface area contributed by atoms with E-state index in [-0.39, 0.29) is 18.0 Å². The van der Waals surface area contributed by atoms with Crippen LogP contribution in [-0.2, 0) is 6.42 Å². The minimum atomic E-state index is 0.0599. The molecule has 106 valence electrons. The molecule has 1 aromatic carbocycles. The number of nitrogens with zero attached hydrogens (tertiary/aromatic N) is 3. The van der Waals surface area contributed by atoms with Crippen LogP contribution in [0.2, 0.25) is 0 Å². The van der Waals surface area contributed by atoms with Crippen molar-refractivity contribution in [1.29, 1.82) is 0 Å². The Morgan fingerprint density at radius 2 is 1.60 bits per heavy atom. The van der Waals surface area contributed by atoms with Crippen LogP contribution in [-0.4, -0.2) is 29.2 Å². The molecule has 0 unspecified atom stereocenters. The number of aromatic nitrogens is 3. The number of ether oxygens (including phenoxy) is 3. The van der Waals surface area contributed by atoms with E-state index in [1.54, 1.807) is 6.07 Å². The molecule has 2 aromatic rings. The third-order valence-electron chi connectivity index (χ3n) is 2.62. The number of nitrogen functional groups attached to an aromatic ring is 1. The third-order valence-corrected chi connectivity index (χ3v) is 2.62. The van der Waals surface area contributed by atoms with E-state index in [1.807, 2.05) is 12.1 Å². The summed E-state index contributed by atoms with van der Waals surface area (Å²) in [5, 5.41) is 0. The van der Waals surface area contributed by atoms with Gasteiger partial charge in [-0.2, -0.15) is 0 Å². The second-order valence-electron chi connectivity index (χ2n) is 3.92. The summed E-state index contributed by atoms with van der Waals surface area (Å²) in [5.74, 6) is 0.470. The van der Waals surface area contributed by atoms with E-state index < -0.39 is 0 Å². The van der Waals surface area contributed by atoms with Crippen molar-refractivity contribution in [1.82, 2.24) is 15.0 Å². The van der Waals surface area contributed by atoms with E-state index in [2.05, 4.69) is 21.9 Å². The van der Waals surface area contributed by atoms with Gasteiger partial charge in [-0.05, 0) is 24.1 Å². The highest BCUT2D eigenvalue weighted by atomic mass is 16.5. The van der Waals surface area contributed by atoms with Crippen LogP contribution in [0.3, 0.4) is 0 Å². The Bertz CT molecular complexity index is 582. The van der Waals surface area contributed by atoms with E-state index in [9.17, 15) is 0 Å². The molecule has 2 rings (SSSR count). The maximum atomic E-state index is 5.93. The van der Waals surface area contributed by atoms with Crippen molar-refractivity contribution in [3.05, 3.63) is 23.8 Å². The Balaban J connectivity index is 2.29. The van der Waals surface area contributed by atoms with Crippen LogP contribution in [0.1, 0.15) is 12.5 Å². The van der Waals surface area contributed by atoms with Crippen LogP contribution in [0.5, 0.6) is 23.8 Å². The maximum Gasteiger partial charge on any atom is 0.331 e. The van der Waals surface area contributed by atoms with Crippen molar-refractivity contribution in [2.45, 2.75) is 13.3 Å². The first-order valence-corrected chi connectivity index (χ1v) is 6.06. The molecule has 2 N–H and O–H groups in total. The second kappa shape index (κ2) is 6.05. The van der Waals surface area contributed by atoms with E-state index in [1.165, 1.54) is 14.2 Å². The monoisotopic (exact) mass is 276 g/mol. The number of benzene rings is 1. The maximum absolute atomic E-state index is 5.93. The Kier molecular flexibility index (Phi) is 4.19. The molecule has 0 saturated carbocycles. The zero-order chi connectivity index (χ0) is 14.5. The van der Waals surface area contributed by atoms with Crippen molar-refractivity contribution in [2.75, 3.05) is 20.0 Å². The molecule has 1 heterocycles. The van der Waals surface area contributed by atoms with Crippen LogP contribution >= 0.6 is 0 Å². The average Bonchev–Trinajstić information content (AvgIpc) is 2.48. The van der Waals surface area contributed by atoms with Crippen LogP contribution < -0.4 is 19.9 Å². The van der Waals surface area contributed by atoms with Gasteiger partial charge in [0.2, 0.25) is 0 Å². The van der Waals surface area contributed by atoms with Gasteiger partial charge in [-0.3, -0.25) is 0 Å². The van der Waals surface area contributed by atoms with E-state index >= 15 is 0 Å². The van der Waals surface area contributed by atoms with Crippen LogP contribution in [0.4, 0.5) is 5.69 Å². The molecule has 1 aromatic heterocycles. The average molecular weight is 276 g/mol. The van der Waals surface area contributed by atoms with E-state index in [0.29, 0.717) is 11.4 Å². The van der Waals surface area contributed by atoms with Gasteiger partial charge in [0.05, 0.1) is 19.9 Å². The molecule has 0 radical (unpaired) electrons. The summed E-state index contributed by atoms with van der Waals surface area (Å²) in [6.45, 7) is 2.05. The number of hydrogen-bond acceptors (Lipinski definition) is 7. The molecule has 0 bridgehead atoms. The molecule has 0 saturated heterocycles. The van der Waals surface area contributed by atoms with Gasteiger partial charge in [-0.25, -0.2) is 0 Å². The number of aryl methyl sites for hydroxylation is 1. The fraction of sp³-hybridized carbons (Fsp3) is 0.308. The minimum absolute atomic E-state index is 0.0599. The topological polar surface area (TPSA) is 92.4 Å². The molecule has 7 heteroatoms. The summed E-state index contributed by atoms with van der Waals surface area (Å²) >= 11 is 0. The highest BCUT2D eigenvalue weighted by Gasteiger charge is 2.11. The lowest BCUT2D eigenvalue weighted by atomic mass is 10.1. The van der Waals surface area contributed by atoms with Crippen molar-refractivity contribution >= 4 is 5.69 Å². The van der Waals surface area contributed by atoms with Crippen molar-refractivity contribution in [3.63, 3.8) is 0 Å². The fourth-order valence-electron chi connectivity index (χ4n) is 1.56. The molecule has 20 heavy (non-hydrogen) atoms. The van der Waals surface area contributed by atoms with Gasteiger partial charge < -0.3 is 19.9 Å². The normalized spacial score (nSPS) is 10.2. The summed E-state index contributed by atoms with van der Waals surface area (Å²) in [5.41, 5.74) is 7.57. The molecular weight excluding hydrogens is 260 g/mol. The molecule has 7 nitrogen and oxygen atoms in total. The first-order chi connectivity index (χ1) is 9.66. The smallest absolute Gasteiger partial charge is 0.331 e. The fourth-order valence-corrected chi connectivity index (χ4v) is 1.56. The molecule has 0 fully saturated rings.